The number of carbonyl (C=O) groups is 1. The smallest absolute Gasteiger partial charge is 0.249 e. The fourth-order valence-corrected chi connectivity index (χ4v) is 4.44. The largest absolute Gasteiger partial charge is 0.367 e. The second-order valence-electron chi connectivity index (χ2n) is 7.79. The van der Waals surface area contributed by atoms with Crippen molar-refractivity contribution in [1.82, 2.24) is 14.5 Å². The number of fused-ring (bicyclic) bond motifs is 1. The van der Waals surface area contributed by atoms with E-state index in [4.69, 9.17) is 9.72 Å². The van der Waals surface area contributed by atoms with Crippen LogP contribution >= 0.6 is 0 Å². The van der Waals surface area contributed by atoms with Crippen molar-refractivity contribution in [2.24, 2.45) is 7.05 Å². The maximum Gasteiger partial charge on any atom is 0.249 e. The Morgan fingerprint density at radius 1 is 1.22 bits per heavy atom. The normalized spacial score (nSPS) is 19.3. The molecule has 2 aromatic rings. The maximum absolute atomic E-state index is 12.8. The van der Waals surface area contributed by atoms with E-state index in [1.54, 1.807) is 0 Å². The first kappa shape index (κ1) is 18.2. The fourth-order valence-electron chi connectivity index (χ4n) is 4.44. The lowest BCUT2D eigenvalue weighted by Gasteiger charge is -2.24. The Bertz CT molecular complexity index is 827. The van der Waals surface area contributed by atoms with E-state index in [1.165, 1.54) is 29.8 Å². The molecule has 1 amide bonds. The van der Waals surface area contributed by atoms with Crippen LogP contribution in [0.15, 0.2) is 24.3 Å². The molecule has 0 N–H and O–H groups in total. The van der Waals surface area contributed by atoms with Gasteiger partial charge in [0.15, 0.2) is 0 Å². The fraction of sp³-hybridized carbons (Fsp3) is 0.545. The molecule has 0 saturated carbocycles. The summed E-state index contributed by atoms with van der Waals surface area (Å²) in [4.78, 5) is 19.7. The molecule has 1 aromatic heterocycles. The molecule has 1 aromatic carbocycles. The molecule has 2 aliphatic rings. The first-order chi connectivity index (χ1) is 13.1. The molecule has 27 heavy (non-hydrogen) atoms. The predicted octanol–water partition coefficient (Wildman–Crippen LogP) is 3.49. The van der Waals surface area contributed by atoms with Gasteiger partial charge in [-0.15, -0.1) is 0 Å². The number of benzene rings is 1. The van der Waals surface area contributed by atoms with E-state index in [0.717, 1.165) is 43.6 Å². The number of nitrogens with zero attached hydrogens (tertiary/aromatic N) is 3. The van der Waals surface area contributed by atoms with Crippen molar-refractivity contribution >= 4 is 5.91 Å². The summed E-state index contributed by atoms with van der Waals surface area (Å²) in [6.45, 7) is 3.48. The number of ether oxygens (including phenoxy) is 1. The van der Waals surface area contributed by atoms with Gasteiger partial charge in [-0.3, -0.25) is 4.79 Å². The number of carbonyl (C=O) groups excluding carboxylic acids is 1. The van der Waals surface area contributed by atoms with Crippen molar-refractivity contribution < 1.29 is 9.53 Å². The molecular weight excluding hydrogens is 338 g/mol. The van der Waals surface area contributed by atoms with E-state index in [0.29, 0.717) is 6.61 Å². The lowest BCUT2D eigenvalue weighted by Crippen LogP contribution is -2.34. The third-order valence-electron chi connectivity index (χ3n) is 6.02. The average molecular weight is 367 g/mol. The van der Waals surface area contributed by atoms with Crippen LogP contribution in [0.3, 0.4) is 0 Å². The third-order valence-corrected chi connectivity index (χ3v) is 6.02. The van der Waals surface area contributed by atoms with Crippen LogP contribution in [0.4, 0.5) is 0 Å². The van der Waals surface area contributed by atoms with Crippen LogP contribution in [0.1, 0.15) is 60.1 Å². The third kappa shape index (κ3) is 3.65. The van der Waals surface area contributed by atoms with Gasteiger partial charge in [0.05, 0.1) is 18.3 Å². The van der Waals surface area contributed by atoms with Gasteiger partial charge in [-0.05, 0) is 56.6 Å². The molecule has 5 nitrogen and oxygen atoms in total. The van der Waals surface area contributed by atoms with Gasteiger partial charge in [0.2, 0.25) is 5.91 Å². The molecule has 0 bridgehead atoms. The van der Waals surface area contributed by atoms with Gasteiger partial charge >= 0.3 is 0 Å². The Labute approximate surface area is 161 Å². The van der Waals surface area contributed by atoms with Crippen molar-refractivity contribution in [1.29, 1.82) is 0 Å². The van der Waals surface area contributed by atoms with Crippen LogP contribution in [0.2, 0.25) is 0 Å². The molecule has 1 saturated heterocycles. The summed E-state index contributed by atoms with van der Waals surface area (Å²) in [5.41, 5.74) is 4.95. The predicted molar refractivity (Wildman–Crippen MR) is 104 cm³/mol. The number of hydrogen-bond acceptors (Lipinski definition) is 3. The number of likely N-dealkylation sites (tertiary alicyclic amines) is 1. The van der Waals surface area contributed by atoms with Crippen LogP contribution in [0.25, 0.3) is 0 Å². The Kier molecular flexibility index (Phi) is 5.30. The highest BCUT2D eigenvalue weighted by Gasteiger charge is 2.34. The van der Waals surface area contributed by atoms with Gasteiger partial charge in [-0.25, -0.2) is 4.98 Å². The van der Waals surface area contributed by atoms with Crippen LogP contribution in [-0.2, 0) is 36.0 Å². The Morgan fingerprint density at radius 2 is 2.04 bits per heavy atom. The molecule has 0 spiro atoms. The van der Waals surface area contributed by atoms with E-state index in [1.807, 2.05) is 17.0 Å². The number of aromatic nitrogens is 2. The van der Waals surface area contributed by atoms with Gasteiger partial charge in [0.25, 0.3) is 0 Å². The van der Waals surface area contributed by atoms with Crippen LogP contribution in [0, 0.1) is 6.92 Å². The van der Waals surface area contributed by atoms with E-state index in [9.17, 15) is 4.79 Å². The summed E-state index contributed by atoms with van der Waals surface area (Å²) in [6.07, 6.45) is 6.68. The first-order valence-electron chi connectivity index (χ1n) is 10.1. The van der Waals surface area contributed by atoms with Gasteiger partial charge in [0.1, 0.15) is 12.4 Å². The van der Waals surface area contributed by atoms with E-state index in [2.05, 4.69) is 30.7 Å². The molecule has 0 radical (unpaired) electrons. The monoisotopic (exact) mass is 367 g/mol. The number of aryl methyl sites for hydroxylation is 2. The van der Waals surface area contributed by atoms with Gasteiger partial charge in [0, 0.05) is 19.3 Å². The van der Waals surface area contributed by atoms with E-state index < -0.39 is 0 Å². The number of hydrogen-bond donors (Lipinski definition) is 0. The number of amides is 1. The molecule has 1 unspecified atom stereocenters. The zero-order valence-electron chi connectivity index (χ0n) is 16.4. The van der Waals surface area contributed by atoms with Crippen molar-refractivity contribution in [2.45, 2.75) is 58.1 Å². The molecule has 5 heteroatoms. The van der Waals surface area contributed by atoms with Gasteiger partial charge in [-0.1, -0.05) is 24.3 Å². The van der Waals surface area contributed by atoms with Crippen molar-refractivity contribution in [3.05, 3.63) is 52.6 Å². The SMILES string of the molecule is Cc1ccccc1COCC(=O)N1CCCC1c1nc2c(n1C)CCCC2. The number of rotatable bonds is 5. The van der Waals surface area contributed by atoms with Gasteiger partial charge in [-0.2, -0.15) is 0 Å². The van der Waals surface area contributed by atoms with Gasteiger partial charge < -0.3 is 14.2 Å². The zero-order valence-corrected chi connectivity index (χ0v) is 16.4. The van der Waals surface area contributed by atoms with Crippen LogP contribution in [-0.4, -0.2) is 33.5 Å². The summed E-state index contributed by atoms with van der Waals surface area (Å²) in [6, 6.07) is 8.24. The molecule has 1 fully saturated rings. The molecule has 1 aliphatic heterocycles. The highest BCUT2D eigenvalue weighted by atomic mass is 16.5. The topological polar surface area (TPSA) is 47.4 Å². The second-order valence-corrected chi connectivity index (χ2v) is 7.79. The highest BCUT2D eigenvalue weighted by Crippen LogP contribution is 2.33. The quantitative estimate of drug-likeness (QED) is 0.813. The van der Waals surface area contributed by atoms with Crippen LogP contribution < -0.4 is 0 Å². The van der Waals surface area contributed by atoms with Crippen LogP contribution in [0.5, 0.6) is 0 Å². The number of imidazole rings is 1. The highest BCUT2D eigenvalue weighted by molar-refractivity contribution is 5.78. The summed E-state index contributed by atoms with van der Waals surface area (Å²) < 4.78 is 8.00. The zero-order chi connectivity index (χ0) is 18.8. The first-order valence-corrected chi connectivity index (χ1v) is 10.1. The molecule has 2 heterocycles. The molecule has 1 atom stereocenters. The minimum Gasteiger partial charge on any atom is -0.367 e. The van der Waals surface area contributed by atoms with Crippen molar-refractivity contribution in [3.63, 3.8) is 0 Å². The summed E-state index contributed by atoms with van der Waals surface area (Å²) >= 11 is 0. The summed E-state index contributed by atoms with van der Waals surface area (Å²) in [5.74, 6) is 1.14. The second kappa shape index (κ2) is 7.85. The van der Waals surface area contributed by atoms with E-state index >= 15 is 0 Å². The molecule has 144 valence electrons. The summed E-state index contributed by atoms with van der Waals surface area (Å²) in [5, 5.41) is 0. The molecular formula is C22H29N3O2. The Morgan fingerprint density at radius 3 is 2.85 bits per heavy atom. The average Bonchev–Trinajstić information content (AvgIpc) is 3.28. The van der Waals surface area contributed by atoms with Crippen molar-refractivity contribution in [2.75, 3.05) is 13.2 Å². The molecule has 4 rings (SSSR count). The maximum atomic E-state index is 12.8. The lowest BCUT2D eigenvalue weighted by atomic mass is 10.0. The standard InChI is InChI=1S/C22H29N3O2/c1-16-8-3-4-9-17(16)14-27-15-21(26)25-13-7-12-20(25)22-23-18-10-5-6-11-19(18)24(22)2/h3-4,8-9,20H,5-7,10-15H2,1-2H3. The Balaban J connectivity index is 1.41. The van der Waals surface area contributed by atoms with Crippen molar-refractivity contribution in [3.8, 4) is 0 Å². The van der Waals surface area contributed by atoms with E-state index in [-0.39, 0.29) is 18.6 Å². The molecule has 1 aliphatic carbocycles. The Hall–Kier alpha value is -2.14. The lowest BCUT2D eigenvalue weighted by molar-refractivity contribution is -0.137. The summed E-state index contributed by atoms with van der Waals surface area (Å²) in [7, 11) is 2.11. The minimum absolute atomic E-state index is 0.0760. The minimum atomic E-state index is 0.0760.